The zero-order chi connectivity index (χ0) is 14.6. The minimum absolute atomic E-state index is 0.0668. The fraction of sp³-hybridized carbons (Fsp3) is 0.357. The summed E-state index contributed by atoms with van der Waals surface area (Å²) in [7, 11) is 0. The summed E-state index contributed by atoms with van der Waals surface area (Å²) in [5.41, 5.74) is 0.0291. The molecule has 0 saturated carbocycles. The lowest BCUT2D eigenvalue weighted by atomic mass is 9.84. The number of carbonyl (C=O) groups is 1. The maximum Gasteiger partial charge on any atom is 0.154 e. The Morgan fingerprint density at radius 1 is 1.32 bits per heavy atom. The van der Waals surface area contributed by atoms with E-state index in [4.69, 9.17) is 46.4 Å². The molecule has 5 heteroatoms. The van der Waals surface area contributed by atoms with Crippen molar-refractivity contribution in [1.29, 1.82) is 0 Å². The van der Waals surface area contributed by atoms with Gasteiger partial charge in [0.2, 0.25) is 0 Å². The van der Waals surface area contributed by atoms with Gasteiger partial charge in [0.1, 0.15) is 0 Å². The first-order valence-electron chi connectivity index (χ1n) is 5.65. The molecule has 0 heterocycles. The van der Waals surface area contributed by atoms with Gasteiger partial charge in [0.25, 0.3) is 0 Å². The van der Waals surface area contributed by atoms with Crippen LogP contribution in [0.5, 0.6) is 0 Å². The van der Waals surface area contributed by atoms with Gasteiger partial charge in [-0.25, -0.2) is 0 Å². The molecule has 0 bridgehead atoms. The Morgan fingerprint density at radius 3 is 2.32 bits per heavy atom. The van der Waals surface area contributed by atoms with Crippen LogP contribution in [-0.4, -0.2) is 17.0 Å². The molecule has 1 nitrogen and oxygen atoms in total. The van der Waals surface area contributed by atoms with Crippen LogP contribution < -0.4 is 0 Å². The average Bonchev–Trinajstić information content (AvgIpc) is 2.38. The van der Waals surface area contributed by atoms with Crippen LogP contribution in [0.2, 0.25) is 5.02 Å². The minimum Gasteiger partial charge on any atom is -0.298 e. The molecule has 1 atom stereocenters. The Bertz CT molecular complexity index is 477. The molecule has 104 valence electrons. The summed E-state index contributed by atoms with van der Waals surface area (Å²) >= 11 is 23.8. The average molecular weight is 340 g/mol. The van der Waals surface area contributed by atoms with Gasteiger partial charge in [-0.15, -0.1) is 23.2 Å². The van der Waals surface area contributed by atoms with Crippen LogP contribution in [0.15, 0.2) is 30.3 Å². The molecule has 0 fully saturated rings. The van der Waals surface area contributed by atoms with E-state index < -0.39 is 10.8 Å². The van der Waals surface area contributed by atoms with Crippen LogP contribution in [-0.2, 0) is 4.79 Å². The van der Waals surface area contributed by atoms with Crippen LogP contribution in [0.1, 0.15) is 19.4 Å². The van der Waals surface area contributed by atoms with E-state index in [1.165, 1.54) is 0 Å². The number of hydrogen-bond donors (Lipinski definition) is 0. The predicted octanol–water partition coefficient (Wildman–Crippen LogP) is 5.36. The minimum atomic E-state index is -0.768. The quantitative estimate of drug-likeness (QED) is 0.660. The second kappa shape index (κ2) is 6.99. The first-order chi connectivity index (χ1) is 8.78. The van der Waals surface area contributed by atoms with Crippen molar-refractivity contribution in [2.45, 2.75) is 19.2 Å². The third kappa shape index (κ3) is 4.39. The third-order valence-corrected chi connectivity index (χ3v) is 4.45. The molecular formula is C14H14Cl4O. The van der Waals surface area contributed by atoms with Crippen LogP contribution in [0.3, 0.4) is 0 Å². The Kier molecular flexibility index (Phi) is 6.19. The first kappa shape index (κ1) is 16.8. The molecule has 1 aromatic carbocycles. The van der Waals surface area contributed by atoms with Crippen molar-refractivity contribution in [3.63, 3.8) is 0 Å². The Balaban J connectivity index is 2.95. The van der Waals surface area contributed by atoms with Gasteiger partial charge >= 0.3 is 0 Å². The fourth-order valence-corrected chi connectivity index (χ4v) is 2.40. The smallest absolute Gasteiger partial charge is 0.154 e. The number of benzene rings is 1. The second-order valence-corrected chi connectivity index (χ2v) is 6.28. The van der Waals surface area contributed by atoms with Crippen molar-refractivity contribution >= 4 is 57.2 Å². The number of hydrogen-bond acceptors (Lipinski definition) is 1. The third-order valence-electron chi connectivity index (χ3n) is 2.94. The molecule has 0 aromatic heterocycles. The van der Waals surface area contributed by atoms with E-state index in [0.29, 0.717) is 10.1 Å². The standard InChI is InChI=1S/C14H14Cl4O/c1-14(2,13(19)8-15)12(18)7-11(17)9-3-5-10(16)6-4-9/h3-7,12H,8H2,1-2H3. The highest BCUT2D eigenvalue weighted by atomic mass is 35.5. The molecule has 0 aliphatic carbocycles. The molecule has 1 rings (SSSR count). The monoisotopic (exact) mass is 338 g/mol. The Morgan fingerprint density at radius 2 is 1.84 bits per heavy atom. The van der Waals surface area contributed by atoms with Gasteiger partial charge in [0.05, 0.1) is 11.3 Å². The molecule has 0 aliphatic heterocycles. The van der Waals surface area contributed by atoms with Crippen molar-refractivity contribution in [3.05, 3.63) is 40.9 Å². The van der Waals surface area contributed by atoms with Crippen LogP contribution in [0.4, 0.5) is 0 Å². The fourth-order valence-electron chi connectivity index (χ4n) is 1.37. The summed E-state index contributed by atoms with van der Waals surface area (Å²) in [6, 6.07) is 7.07. The molecule has 0 radical (unpaired) electrons. The van der Waals surface area contributed by atoms with Gasteiger partial charge < -0.3 is 0 Å². The highest BCUT2D eigenvalue weighted by Crippen LogP contribution is 2.32. The number of allylic oxidation sites excluding steroid dienone is 1. The van der Waals surface area contributed by atoms with Crippen molar-refractivity contribution < 1.29 is 4.79 Å². The molecule has 0 aliphatic rings. The number of alkyl halides is 2. The normalized spacial score (nSPS) is 14.3. The van der Waals surface area contributed by atoms with Crippen molar-refractivity contribution in [2.75, 3.05) is 5.88 Å². The lowest BCUT2D eigenvalue weighted by Gasteiger charge is -2.25. The number of Topliss-reactive ketones (excluding diaryl/α,β-unsaturated/α-hetero) is 1. The van der Waals surface area contributed by atoms with Gasteiger partial charge in [0, 0.05) is 15.5 Å². The Hall–Kier alpha value is -0.210. The molecular weight excluding hydrogens is 326 g/mol. The Labute approximate surface area is 133 Å². The summed E-state index contributed by atoms with van der Waals surface area (Å²) < 4.78 is 0. The molecule has 0 amide bonds. The number of carbonyl (C=O) groups excluding carboxylic acids is 1. The maximum absolute atomic E-state index is 11.7. The van der Waals surface area contributed by atoms with E-state index in [-0.39, 0.29) is 11.7 Å². The largest absolute Gasteiger partial charge is 0.298 e. The van der Waals surface area contributed by atoms with Gasteiger partial charge in [-0.2, -0.15) is 0 Å². The zero-order valence-electron chi connectivity index (χ0n) is 10.6. The molecule has 0 N–H and O–H groups in total. The molecule has 0 saturated heterocycles. The van der Waals surface area contributed by atoms with Crippen LogP contribution in [0, 0.1) is 5.41 Å². The number of ketones is 1. The summed E-state index contributed by atoms with van der Waals surface area (Å²) in [6.07, 6.45) is 1.65. The lowest BCUT2D eigenvalue weighted by molar-refractivity contribution is -0.124. The summed E-state index contributed by atoms with van der Waals surface area (Å²) in [5.74, 6) is -0.186. The molecule has 1 aromatic rings. The van der Waals surface area contributed by atoms with Crippen molar-refractivity contribution in [1.82, 2.24) is 0 Å². The van der Waals surface area contributed by atoms with Gasteiger partial charge in [-0.1, -0.05) is 49.2 Å². The van der Waals surface area contributed by atoms with Gasteiger partial charge in [0.15, 0.2) is 5.78 Å². The summed E-state index contributed by atoms with van der Waals surface area (Å²) in [6.45, 7) is 3.50. The van der Waals surface area contributed by atoms with Gasteiger partial charge in [-0.05, 0) is 23.8 Å². The van der Waals surface area contributed by atoms with Gasteiger partial charge in [-0.3, -0.25) is 4.79 Å². The molecule has 0 spiro atoms. The molecule has 1 unspecified atom stereocenters. The zero-order valence-corrected chi connectivity index (χ0v) is 13.6. The van der Waals surface area contributed by atoms with E-state index in [1.807, 2.05) is 0 Å². The highest BCUT2D eigenvalue weighted by molar-refractivity contribution is 6.49. The summed E-state index contributed by atoms with van der Waals surface area (Å²) in [4.78, 5) is 11.7. The second-order valence-electron chi connectivity index (χ2n) is 4.70. The van der Waals surface area contributed by atoms with Crippen molar-refractivity contribution in [3.8, 4) is 0 Å². The predicted molar refractivity (Wildman–Crippen MR) is 84.4 cm³/mol. The van der Waals surface area contributed by atoms with E-state index >= 15 is 0 Å². The highest BCUT2D eigenvalue weighted by Gasteiger charge is 2.33. The van der Waals surface area contributed by atoms with E-state index in [0.717, 1.165) is 5.56 Å². The SMILES string of the molecule is CC(C)(C(=O)CCl)C(Cl)C=C(Cl)c1ccc(Cl)cc1. The lowest BCUT2D eigenvalue weighted by Crippen LogP contribution is -2.33. The van der Waals surface area contributed by atoms with Crippen LogP contribution >= 0.6 is 46.4 Å². The number of halogens is 4. The van der Waals surface area contributed by atoms with E-state index in [2.05, 4.69) is 0 Å². The van der Waals surface area contributed by atoms with E-state index in [1.54, 1.807) is 44.2 Å². The maximum atomic E-state index is 11.7. The first-order valence-corrected chi connectivity index (χ1v) is 7.38. The molecule has 19 heavy (non-hydrogen) atoms. The topological polar surface area (TPSA) is 17.1 Å². The van der Waals surface area contributed by atoms with Crippen molar-refractivity contribution in [2.24, 2.45) is 5.41 Å². The van der Waals surface area contributed by atoms with Crippen LogP contribution in [0.25, 0.3) is 5.03 Å². The van der Waals surface area contributed by atoms with E-state index in [9.17, 15) is 4.79 Å². The number of rotatable bonds is 5. The summed E-state index contributed by atoms with van der Waals surface area (Å²) in [5, 5.41) is 0.572.